The Morgan fingerprint density at radius 2 is 1.76 bits per heavy atom. The van der Waals surface area contributed by atoms with Crippen molar-refractivity contribution < 1.29 is 39.7 Å². The molecule has 0 amide bonds. The maximum atomic E-state index is 10.4. The van der Waals surface area contributed by atoms with Crippen LogP contribution in [0.5, 0.6) is 11.6 Å². The molecule has 0 aliphatic carbocycles. The summed E-state index contributed by atoms with van der Waals surface area (Å²) in [5.74, 6) is 0.951. The first-order chi connectivity index (χ1) is 18.0. The molecule has 3 aromatic rings. The van der Waals surface area contributed by atoms with Gasteiger partial charge in [-0.15, -0.1) is 5.10 Å². The molecule has 1 fully saturated rings. The number of rotatable bonds is 12. The summed E-state index contributed by atoms with van der Waals surface area (Å²) in [5.41, 5.74) is 8.28. The molecule has 0 bridgehead atoms. The number of aromatic nitrogens is 2. The van der Waals surface area contributed by atoms with Gasteiger partial charge in [-0.05, 0) is 55.1 Å². The van der Waals surface area contributed by atoms with Crippen LogP contribution >= 0.6 is 0 Å². The first-order valence-electron chi connectivity index (χ1n) is 12.4. The summed E-state index contributed by atoms with van der Waals surface area (Å²) in [7, 11) is 0. The zero-order valence-electron chi connectivity index (χ0n) is 20.5. The minimum Gasteiger partial charge on any atom is -0.494 e. The summed E-state index contributed by atoms with van der Waals surface area (Å²) in [6.45, 7) is 0.684. The third-order valence-electron chi connectivity index (χ3n) is 6.44. The summed E-state index contributed by atoms with van der Waals surface area (Å²) in [4.78, 5) is 0. The lowest BCUT2D eigenvalue weighted by molar-refractivity contribution is -0.278. The fraction of sp³-hybridized carbons (Fsp3) is 0.500. The van der Waals surface area contributed by atoms with E-state index in [-0.39, 0.29) is 19.0 Å². The Balaban J connectivity index is 1.56. The van der Waals surface area contributed by atoms with Gasteiger partial charge in [0.15, 0.2) is 0 Å². The van der Waals surface area contributed by atoms with Gasteiger partial charge in [-0.3, -0.25) is 4.68 Å². The highest BCUT2D eigenvalue weighted by Crippen LogP contribution is 2.32. The summed E-state index contributed by atoms with van der Waals surface area (Å²) in [6.07, 6.45) is -4.91. The van der Waals surface area contributed by atoms with Crippen LogP contribution in [0, 0.1) is 0 Å². The Bertz CT molecular complexity index is 1140. The minimum atomic E-state index is -1.57. The van der Waals surface area contributed by atoms with Crippen LogP contribution in [0.1, 0.15) is 17.5 Å². The molecule has 0 unspecified atom stereocenters. The quantitative estimate of drug-likeness (QED) is 0.175. The zero-order chi connectivity index (χ0) is 26.4. The van der Waals surface area contributed by atoms with E-state index in [1.54, 1.807) is 4.68 Å². The summed E-state index contributed by atoms with van der Waals surface area (Å²) >= 11 is 0. The van der Waals surface area contributed by atoms with E-state index in [9.17, 15) is 25.5 Å². The van der Waals surface area contributed by atoms with Gasteiger partial charge in [0.05, 0.1) is 37.3 Å². The number of hydrogen-bond donors (Lipinski definition) is 6. The Kier molecular flexibility index (Phi) is 9.33. The van der Waals surface area contributed by atoms with E-state index in [1.165, 1.54) is 0 Å². The molecule has 1 aliphatic heterocycles. The van der Waals surface area contributed by atoms with Crippen molar-refractivity contribution in [3.05, 3.63) is 53.6 Å². The first-order valence-corrected chi connectivity index (χ1v) is 12.4. The van der Waals surface area contributed by atoms with Gasteiger partial charge in [-0.2, -0.15) is 0 Å². The van der Waals surface area contributed by atoms with Crippen molar-refractivity contribution in [1.29, 1.82) is 0 Å². The third-order valence-corrected chi connectivity index (χ3v) is 6.44. The van der Waals surface area contributed by atoms with Crippen LogP contribution in [0.25, 0.3) is 10.9 Å². The molecular formula is C26H35N3O8. The van der Waals surface area contributed by atoms with Crippen LogP contribution < -0.4 is 15.2 Å². The predicted molar refractivity (Wildman–Crippen MR) is 134 cm³/mol. The molecular weight excluding hydrogens is 482 g/mol. The van der Waals surface area contributed by atoms with Crippen LogP contribution in [0.15, 0.2) is 42.5 Å². The van der Waals surface area contributed by atoms with Gasteiger partial charge in [0.1, 0.15) is 30.2 Å². The van der Waals surface area contributed by atoms with Crippen LogP contribution in [-0.2, 0) is 24.1 Å². The number of fused-ring (bicyclic) bond motifs is 1. The molecule has 7 N–H and O–H groups in total. The van der Waals surface area contributed by atoms with Crippen molar-refractivity contribution in [2.45, 2.75) is 56.5 Å². The minimum absolute atomic E-state index is 0.139. The summed E-state index contributed by atoms with van der Waals surface area (Å²) < 4.78 is 18.7. The molecule has 37 heavy (non-hydrogen) atoms. The Morgan fingerprint density at radius 3 is 2.46 bits per heavy atom. The van der Waals surface area contributed by atoms with E-state index >= 15 is 0 Å². The maximum absolute atomic E-state index is 10.4. The van der Waals surface area contributed by atoms with Crippen molar-refractivity contribution in [3.63, 3.8) is 0 Å². The van der Waals surface area contributed by atoms with Gasteiger partial charge in [-0.25, -0.2) is 0 Å². The molecule has 11 nitrogen and oxygen atoms in total. The lowest BCUT2D eigenvalue weighted by atomic mass is 9.99. The second-order valence-corrected chi connectivity index (χ2v) is 9.01. The van der Waals surface area contributed by atoms with Crippen molar-refractivity contribution in [3.8, 4) is 11.6 Å². The second kappa shape index (κ2) is 12.7. The van der Waals surface area contributed by atoms with Crippen molar-refractivity contribution in [2.75, 3.05) is 26.4 Å². The molecule has 2 aromatic carbocycles. The zero-order valence-corrected chi connectivity index (χ0v) is 20.5. The molecule has 11 heteroatoms. The fourth-order valence-electron chi connectivity index (χ4n) is 4.40. The molecule has 4 rings (SSSR count). The highest BCUT2D eigenvalue weighted by molar-refractivity contribution is 5.88. The second-order valence-electron chi connectivity index (χ2n) is 9.01. The van der Waals surface area contributed by atoms with Gasteiger partial charge < -0.3 is 45.5 Å². The number of aryl methyl sites for hydroxylation is 2. The Hall–Kier alpha value is -2.77. The van der Waals surface area contributed by atoms with E-state index in [2.05, 4.69) is 5.10 Å². The standard InChI is InChI=1S/C26H35N3O8/c27-11-2-14-35-18-9-6-16(7-10-18)5-8-17-3-1-4-19-21(17)25(28-29(19)12-13-30)37-26-24(34)23(33)22(32)20(15-31)36-26/h1,3-4,6-7,9-10,20,22-24,26,30-34H,2,5,8,11-15,27H2/t20-,22-,23+,24-,26+/m1/s1. The molecule has 1 aliphatic rings. The lowest BCUT2D eigenvalue weighted by Gasteiger charge is -2.39. The molecule has 5 atom stereocenters. The maximum Gasteiger partial charge on any atom is 0.243 e. The number of hydrogen-bond acceptors (Lipinski definition) is 10. The summed E-state index contributed by atoms with van der Waals surface area (Å²) in [5, 5.41) is 54.8. The van der Waals surface area contributed by atoms with E-state index in [1.807, 2.05) is 42.5 Å². The number of nitrogens with two attached hydrogens (primary N) is 1. The van der Waals surface area contributed by atoms with Gasteiger partial charge in [0, 0.05) is 0 Å². The van der Waals surface area contributed by atoms with Gasteiger partial charge >= 0.3 is 0 Å². The smallest absolute Gasteiger partial charge is 0.243 e. The van der Waals surface area contributed by atoms with Crippen molar-refractivity contribution in [2.24, 2.45) is 5.73 Å². The summed E-state index contributed by atoms with van der Waals surface area (Å²) in [6, 6.07) is 13.6. The molecule has 2 heterocycles. The average molecular weight is 518 g/mol. The molecule has 1 saturated heterocycles. The van der Waals surface area contributed by atoms with Crippen molar-refractivity contribution in [1.82, 2.24) is 9.78 Å². The van der Waals surface area contributed by atoms with Crippen LogP contribution in [0.2, 0.25) is 0 Å². The van der Waals surface area contributed by atoms with Gasteiger partial charge in [-0.1, -0.05) is 24.3 Å². The Morgan fingerprint density at radius 1 is 0.973 bits per heavy atom. The fourth-order valence-corrected chi connectivity index (χ4v) is 4.40. The third kappa shape index (κ3) is 6.21. The highest BCUT2D eigenvalue weighted by Gasteiger charge is 2.45. The largest absolute Gasteiger partial charge is 0.494 e. The molecule has 0 spiro atoms. The van der Waals surface area contributed by atoms with Crippen molar-refractivity contribution >= 4 is 10.9 Å². The van der Waals surface area contributed by atoms with Crippen LogP contribution in [0.3, 0.4) is 0 Å². The SMILES string of the molecule is NCCCOc1ccc(CCc2cccc3c2c(O[C@@H]2O[C@H](CO)[C@@H](O)[C@H](O)[C@H]2O)nn3CCO)cc1. The monoisotopic (exact) mass is 517 g/mol. The first kappa shape index (κ1) is 27.3. The van der Waals surface area contributed by atoms with E-state index < -0.39 is 37.3 Å². The predicted octanol–water partition coefficient (Wildman–Crippen LogP) is -0.280. The lowest BCUT2D eigenvalue weighted by Crippen LogP contribution is -2.60. The normalized spacial score (nSPS) is 23.9. The number of aliphatic hydroxyl groups is 5. The van der Waals surface area contributed by atoms with E-state index in [0.717, 1.165) is 35.2 Å². The molecule has 1 aromatic heterocycles. The van der Waals surface area contributed by atoms with Gasteiger partial charge in [0.25, 0.3) is 0 Å². The van der Waals surface area contributed by atoms with Crippen LogP contribution in [0.4, 0.5) is 0 Å². The van der Waals surface area contributed by atoms with E-state index in [0.29, 0.717) is 25.0 Å². The molecule has 0 saturated carbocycles. The van der Waals surface area contributed by atoms with Gasteiger partial charge in [0.2, 0.25) is 12.2 Å². The topological polar surface area (TPSA) is 173 Å². The Labute approximate surface area is 214 Å². The number of ether oxygens (including phenoxy) is 3. The van der Waals surface area contributed by atoms with Crippen LogP contribution in [-0.4, -0.2) is 92.4 Å². The average Bonchev–Trinajstić information content (AvgIpc) is 3.26. The number of aliphatic hydroxyl groups excluding tert-OH is 5. The number of benzene rings is 2. The molecule has 202 valence electrons. The molecule has 0 radical (unpaired) electrons. The number of nitrogens with zero attached hydrogens (tertiary/aromatic N) is 2. The van der Waals surface area contributed by atoms with E-state index in [4.69, 9.17) is 19.9 Å². The highest BCUT2D eigenvalue weighted by atomic mass is 16.7.